The lowest BCUT2D eigenvalue weighted by Crippen LogP contribution is -2.47. The molecule has 5 N–H and O–H groups in total. The number of carbonyl (C=O) groups excluding carboxylic acids is 1. The molecule has 0 heterocycles. The van der Waals surface area contributed by atoms with Gasteiger partial charge >= 0.3 is 0 Å². The molecule has 6 heteroatoms. The average molecular weight is 265 g/mol. The molecule has 1 aromatic carbocycles. The van der Waals surface area contributed by atoms with Crippen molar-refractivity contribution in [3.05, 3.63) is 29.3 Å². The summed E-state index contributed by atoms with van der Waals surface area (Å²) in [7, 11) is 0. The van der Waals surface area contributed by atoms with Gasteiger partial charge in [-0.15, -0.1) is 0 Å². The van der Waals surface area contributed by atoms with Gasteiger partial charge in [0.1, 0.15) is 5.75 Å². The summed E-state index contributed by atoms with van der Waals surface area (Å²) in [5, 5.41) is 24.1. The largest absolute Gasteiger partial charge is 0.507 e. The second-order valence-electron chi connectivity index (χ2n) is 4.69. The third-order valence-electron chi connectivity index (χ3n) is 2.87. The Labute approximate surface area is 111 Å². The zero-order valence-corrected chi connectivity index (χ0v) is 11.2. The van der Waals surface area contributed by atoms with Gasteiger partial charge < -0.3 is 21.4 Å². The molecule has 1 aromatic rings. The van der Waals surface area contributed by atoms with Gasteiger partial charge in [-0.1, -0.05) is 31.1 Å². The summed E-state index contributed by atoms with van der Waals surface area (Å²) in [5.41, 5.74) is 6.31. The molecule has 104 valence electrons. The normalized spacial score (nSPS) is 13.4. The number of carbonyl (C=O) groups is 1. The second kappa shape index (κ2) is 6.08. The van der Waals surface area contributed by atoms with E-state index >= 15 is 0 Å². The van der Waals surface area contributed by atoms with Gasteiger partial charge in [0.2, 0.25) is 0 Å². The molecule has 0 aliphatic rings. The smallest absolute Gasteiger partial charge is 0.255 e. The van der Waals surface area contributed by atoms with E-state index < -0.39 is 11.9 Å². The van der Waals surface area contributed by atoms with E-state index in [-0.39, 0.29) is 23.1 Å². The fourth-order valence-electron chi connectivity index (χ4n) is 1.71. The highest BCUT2D eigenvalue weighted by Crippen LogP contribution is 2.21. The van der Waals surface area contributed by atoms with Gasteiger partial charge in [-0.05, 0) is 24.5 Å². The van der Waals surface area contributed by atoms with E-state index in [1.54, 1.807) is 19.1 Å². The highest BCUT2D eigenvalue weighted by Gasteiger charge is 2.22. The van der Waals surface area contributed by atoms with Crippen LogP contribution in [0.15, 0.2) is 23.4 Å². The zero-order valence-electron chi connectivity index (χ0n) is 11.2. The monoisotopic (exact) mass is 265 g/mol. The second-order valence-corrected chi connectivity index (χ2v) is 4.69. The first-order valence-corrected chi connectivity index (χ1v) is 5.95. The predicted octanol–water partition coefficient (Wildman–Crippen LogP) is 1.20. The fraction of sp³-hybridized carbons (Fsp3) is 0.385. The van der Waals surface area contributed by atoms with Crippen molar-refractivity contribution in [2.45, 2.75) is 26.8 Å². The topological polar surface area (TPSA) is 108 Å². The molecule has 1 amide bonds. The van der Waals surface area contributed by atoms with E-state index in [0.717, 1.165) is 0 Å². The van der Waals surface area contributed by atoms with E-state index in [0.29, 0.717) is 5.56 Å². The van der Waals surface area contributed by atoms with Gasteiger partial charge in [0, 0.05) is 0 Å². The molecule has 0 saturated heterocycles. The van der Waals surface area contributed by atoms with Crippen LogP contribution in [0.25, 0.3) is 0 Å². The molecule has 1 unspecified atom stereocenters. The Balaban J connectivity index is 2.98. The number of amides is 1. The standard InChI is InChI=1S/C13H19N3O3/c1-7(2)10(12(14)16-19)15-13(18)9-6-4-5-8(3)11(9)17/h4-7,10,17,19H,1-3H3,(H2,14,16)(H,15,18). The highest BCUT2D eigenvalue weighted by atomic mass is 16.4. The predicted molar refractivity (Wildman–Crippen MR) is 72.3 cm³/mol. The summed E-state index contributed by atoms with van der Waals surface area (Å²) in [6.45, 7) is 5.37. The number of para-hydroxylation sites is 1. The van der Waals surface area contributed by atoms with Crippen LogP contribution in [-0.2, 0) is 0 Å². The lowest BCUT2D eigenvalue weighted by atomic mass is 10.0. The number of amidine groups is 1. The number of nitrogens with zero attached hydrogens (tertiary/aromatic N) is 1. The van der Waals surface area contributed by atoms with E-state index in [1.807, 2.05) is 13.8 Å². The van der Waals surface area contributed by atoms with E-state index in [2.05, 4.69) is 10.5 Å². The number of nitrogens with two attached hydrogens (primary N) is 1. The Kier molecular flexibility index (Phi) is 4.74. The van der Waals surface area contributed by atoms with Crippen LogP contribution in [0.2, 0.25) is 0 Å². The summed E-state index contributed by atoms with van der Waals surface area (Å²) < 4.78 is 0. The third kappa shape index (κ3) is 3.37. The van der Waals surface area contributed by atoms with E-state index in [9.17, 15) is 9.90 Å². The summed E-state index contributed by atoms with van der Waals surface area (Å²) >= 11 is 0. The van der Waals surface area contributed by atoms with Gasteiger partial charge in [0.05, 0.1) is 11.6 Å². The van der Waals surface area contributed by atoms with Crippen molar-refractivity contribution < 1.29 is 15.1 Å². The van der Waals surface area contributed by atoms with Crippen LogP contribution in [0.4, 0.5) is 0 Å². The van der Waals surface area contributed by atoms with Crippen LogP contribution in [0.1, 0.15) is 29.8 Å². The maximum atomic E-state index is 12.1. The Morgan fingerprint density at radius 2 is 2.05 bits per heavy atom. The fourth-order valence-corrected chi connectivity index (χ4v) is 1.71. The summed E-state index contributed by atoms with van der Waals surface area (Å²) in [6.07, 6.45) is 0. The van der Waals surface area contributed by atoms with Crippen molar-refractivity contribution in [1.82, 2.24) is 5.32 Å². The Morgan fingerprint density at radius 3 is 2.58 bits per heavy atom. The molecule has 0 saturated carbocycles. The molecular formula is C13H19N3O3. The Hall–Kier alpha value is -2.24. The van der Waals surface area contributed by atoms with E-state index in [1.165, 1.54) is 6.07 Å². The quantitative estimate of drug-likeness (QED) is 0.284. The van der Waals surface area contributed by atoms with Crippen LogP contribution < -0.4 is 11.1 Å². The van der Waals surface area contributed by atoms with Crippen molar-refractivity contribution in [3.8, 4) is 5.75 Å². The van der Waals surface area contributed by atoms with Crippen LogP contribution in [-0.4, -0.2) is 28.1 Å². The van der Waals surface area contributed by atoms with Crippen molar-refractivity contribution in [3.63, 3.8) is 0 Å². The summed E-state index contributed by atoms with van der Waals surface area (Å²) in [4.78, 5) is 12.1. The summed E-state index contributed by atoms with van der Waals surface area (Å²) in [5.74, 6) is -0.657. The minimum atomic E-state index is -0.600. The maximum Gasteiger partial charge on any atom is 0.255 e. The Morgan fingerprint density at radius 1 is 1.42 bits per heavy atom. The van der Waals surface area contributed by atoms with Gasteiger partial charge in [-0.3, -0.25) is 4.79 Å². The van der Waals surface area contributed by atoms with Gasteiger partial charge in [0.25, 0.3) is 5.91 Å². The van der Waals surface area contributed by atoms with Gasteiger partial charge in [0.15, 0.2) is 5.84 Å². The molecule has 0 radical (unpaired) electrons. The molecule has 6 nitrogen and oxygen atoms in total. The summed E-state index contributed by atoms with van der Waals surface area (Å²) in [6, 6.07) is 4.30. The molecule has 0 bridgehead atoms. The maximum absolute atomic E-state index is 12.1. The number of benzene rings is 1. The molecule has 0 aromatic heterocycles. The van der Waals surface area contributed by atoms with Crippen molar-refractivity contribution in [1.29, 1.82) is 0 Å². The molecule has 19 heavy (non-hydrogen) atoms. The number of hydrogen-bond acceptors (Lipinski definition) is 4. The number of oxime groups is 1. The van der Waals surface area contributed by atoms with E-state index in [4.69, 9.17) is 10.9 Å². The minimum Gasteiger partial charge on any atom is -0.507 e. The molecule has 0 fully saturated rings. The first-order chi connectivity index (χ1) is 8.88. The van der Waals surface area contributed by atoms with Crippen LogP contribution in [0.3, 0.4) is 0 Å². The molecular weight excluding hydrogens is 246 g/mol. The van der Waals surface area contributed by atoms with Crippen molar-refractivity contribution in [2.75, 3.05) is 0 Å². The van der Waals surface area contributed by atoms with Gasteiger partial charge in [-0.2, -0.15) is 0 Å². The average Bonchev–Trinajstić information content (AvgIpc) is 2.37. The molecule has 1 atom stereocenters. The number of rotatable bonds is 4. The number of aryl methyl sites for hydroxylation is 1. The van der Waals surface area contributed by atoms with Crippen LogP contribution >= 0.6 is 0 Å². The number of hydrogen-bond donors (Lipinski definition) is 4. The number of phenols is 1. The lowest BCUT2D eigenvalue weighted by Gasteiger charge is -2.21. The van der Waals surface area contributed by atoms with Crippen LogP contribution in [0, 0.1) is 12.8 Å². The van der Waals surface area contributed by atoms with Crippen molar-refractivity contribution in [2.24, 2.45) is 16.8 Å². The van der Waals surface area contributed by atoms with Gasteiger partial charge in [-0.25, -0.2) is 0 Å². The Bertz CT molecular complexity index is 498. The first-order valence-electron chi connectivity index (χ1n) is 5.95. The molecule has 0 aliphatic heterocycles. The number of nitrogens with one attached hydrogen (secondary N) is 1. The SMILES string of the molecule is Cc1cccc(C(=O)NC(C(N)=NO)C(C)C)c1O. The number of aromatic hydroxyl groups is 1. The third-order valence-corrected chi connectivity index (χ3v) is 2.87. The minimum absolute atomic E-state index is 0.0493. The zero-order chi connectivity index (χ0) is 14.6. The van der Waals surface area contributed by atoms with Crippen LogP contribution in [0.5, 0.6) is 5.75 Å². The molecule has 1 rings (SSSR count). The molecule has 0 spiro atoms. The lowest BCUT2D eigenvalue weighted by molar-refractivity contribution is 0.0936. The number of phenolic OH excluding ortho intramolecular Hbond substituents is 1. The highest BCUT2D eigenvalue weighted by molar-refractivity contribution is 6.00. The first kappa shape index (κ1) is 14.8. The van der Waals surface area contributed by atoms with Crippen molar-refractivity contribution >= 4 is 11.7 Å². The molecule has 0 aliphatic carbocycles.